The van der Waals surface area contributed by atoms with Crippen molar-refractivity contribution in [2.75, 3.05) is 13.7 Å². The number of amides is 1. The molecule has 1 aromatic carbocycles. The summed E-state index contributed by atoms with van der Waals surface area (Å²) in [4.78, 5) is 11.0. The second kappa shape index (κ2) is 5.68. The Bertz CT molecular complexity index is 544. The summed E-state index contributed by atoms with van der Waals surface area (Å²) in [6.45, 7) is 1.05. The summed E-state index contributed by atoms with van der Waals surface area (Å²) < 4.78 is 5.42. The molecule has 2 atom stereocenters. The number of piperidine rings is 1. The molecule has 0 radical (unpaired) electrons. The Kier molecular flexibility index (Phi) is 3.89. The molecule has 0 saturated carbocycles. The minimum Gasteiger partial charge on any atom is -0.497 e. The van der Waals surface area contributed by atoms with Crippen molar-refractivity contribution in [3.05, 3.63) is 29.3 Å². The SMILES string of the molecule is COc1ccc2c(c1)[C@]1(CCCC(N)=O)CCNC(C2)C1. The molecule has 1 aliphatic heterocycles. The van der Waals surface area contributed by atoms with Crippen LogP contribution in [-0.4, -0.2) is 25.6 Å². The number of methoxy groups -OCH3 is 1. The Morgan fingerprint density at radius 3 is 3.14 bits per heavy atom. The van der Waals surface area contributed by atoms with Crippen molar-refractivity contribution in [1.29, 1.82) is 0 Å². The summed E-state index contributed by atoms with van der Waals surface area (Å²) in [6.07, 6.45) is 5.78. The van der Waals surface area contributed by atoms with Gasteiger partial charge < -0.3 is 15.8 Å². The minimum absolute atomic E-state index is 0.188. The van der Waals surface area contributed by atoms with Crippen LogP contribution in [0.2, 0.25) is 0 Å². The van der Waals surface area contributed by atoms with Crippen LogP contribution in [0.5, 0.6) is 5.75 Å². The third-order valence-electron chi connectivity index (χ3n) is 5.11. The van der Waals surface area contributed by atoms with Crippen molar-refractivity contribution in [3.8, 4) is 5.75 Å². The highest BCUT2D eigenvalue weighted by atomic mass is 16.5. The molecule has 2 bridgehead atoms. The molecule has 1 saturated heterocycles. The van der Waals surface area contributed by atoms with Gasteiger partial charge in [-0.2, -0.15) is 0 Å². The molecule has 1 aromatic rings. The van der Waals surface area contributed by atoms with Gasteiger partial charge >= 0.3 is 0 Å². The number of carbonyl (C=O) groups excluding carboxylic acids is 1. The van der Waals surface area contributed by atoms with E-state index in [1.807, 2.05) is 0 Å². The normalized spacial score (nSPS) is 27.0. The average Bonchev–Trinajstić information content (AvgIpc) is 2.47. The average molecular weight is 288 g/mol. The molecular formula is C17H24N2O2. The van der Waals surface area contributed by atoms with Crippen molar-refractivity contribution >= 4 is 5.91 Å². The predicted octanol–water partition coefficient (Wildman–Crippen LogP) is 1.90. The van der Waals surface area contributed by atoms with E-state index in [1.54, 1.807) is 7.11 Å². The minimum atomic E-state index is -0.196. The highest BCUT2D eigenvalue weighted by Crippen LogP contribution is 2.46. The number of hydrogen-bond acceptors (Lipinski definition) is 3. The number of hydrogen-bond donors (Lipinski definition) is 2. The monoisotopic (exact) mass is 288 g/mol. The summed E-state index contributed by atoms with van der Waals surface area (Å²) in [6, 6.07) is 7.03. The van der Waals surface area contributed by atoms with Crippen LogP contribution in [0.3, 0.4) is 0 Å². The number of benzene rings is 1. The van der Waals surface area contributed by atoms with Crippen molar-refractivity contribution in [2.45, 2.75) is 50.0 Å². The number of nitrogens with one attached hydrogen (secondary N) is 1. The van der Waals surface area contributed by atoms with Crippen molar-refractivity contribution < 1.29 is 9.53 Å². The Labute approximate surface area is 126 Å². The van der Waals surface area contributed by atoms with Crippen molar-refractivity contribution in [2.24, 2.45) is 5.73 Å². The van der Waals surface area contributed by atoms with Gasteiger partial charge in [-0.15, -0.1) is 0 Å². The first-order chi connectivity index (χ1) is 10.1. The van der Waals surface area contributed by atoms with Crippen LogP contribution < -0.4 is 15.8 Å². The standard InChI is InChI=1S/C17H24N2O2/c1-21-14-5-4-12-9-13-11-17(7-8-19-13,15(12)10-14)6-2-3-16(18)20/h4-5,10,13,19H,2-3,6-9,11H2,1H3,(H2,18,20)/t13?,17-/m1/s1. The fraction of sp³-hybridized carbons (Fsp3) is 0.588. The van der Waals surface area contributed by atoms with Gasteiger partial charge in [-0.05, 0) is 67.3 Å². The molecule has 3 N–H and O–H groups in total. The van der Waals surface area contributed by atoms with Crippen LogP contribution in [0, 0.1) is 0 Å². The zero-order chi connectivity index (χ0) is 14.9. The lowest BCUT2D eigenvalue weighted by atomic mass is 9.62. The molecule has 1 fully saturated rings. The number of carbonyl (C=O) groups is 1. The van der Waals surface area contributed by atoms with Gasteiger partial charge in [0.05, 0.1) is 7.11 Å². The number of fused-ring (bicyclic) bond motifs is 4. The summed E-state index contributed by atoms with van der Waals surface area (Å²) in [5.41, 5.74) is 8.35. The number of ether oxygens (including phenoxy) is 1. The van der Waals surface area contributed by atoms with Crippen LogP contribution >= 0.6 is 0 Å². The van der Waals surface area contributed by atoms with Gasteiger partial charge in [0.25, 0.3) is 0 Å². The second-order valence-corrected chi connectivity index (χ2v) is 6.43. The molecule has 1 amide bonds. The number of rotatable bonds is 5. The molecule has 114 valence electrons. The van der Waals surface area contributed by atoms with Crippen LogP contribution in [0.1, 0.15) is 43.2 Å². The summed E-state index contributed by atoms with van der Waals surface area (Å²) >= 11 is 0. The molecule has 21 heavy (non-hydrogen) atoms. The predicted molar refractivity (Wildman–Crippen MR) is 82.4 cm³/mol. The van der Waals surface area contributed by atoms with E-state index in [-0.39, 0.29) is 11.3 Å². The first-order valence-electron chi connectivity index (χ1n) is 7.82. The smallest absolute Gasteiger partial charge is 0.217 e. The number of nitrogens with two attached hydrogens (primary N) is 1. The lowest BCUT2D eigenvalue weighted by Gasteiger charge is -2.47. The molecular weight excluding hydrogens is 264 g/mol. The third-order valence-corrected chi connectivity index (χ3v) is 5.11. The van der Waals surface area contributed by atoms with Crippen LogP contribution in [0.25, 0.3) is 0 Å². The molecule has 3 rings (SSSR count). The summed E-state index contributed by atoms with van der Waals surface area (Å²) in [5.74, 6) is 0.735. The van der Waals surface area contributed by atoms with E-state index < -0.39 is 0 Å². The quantitative estimate of drug-likeness (QED) is 0.869. The molecule has 1 heterocycles. The number of primary amides is 1. The van der Waals surface area contributed by atoms with Gasteiger partial charge in [0.15, 0.2) is 0 Å². The zero-order valence-electron chi connectivity index (χ0n) is 12.7. The van der Waals surface area contributed by atoms with Gasteiger partial charge in [-0.25, -0.2) is 0 Å². The van der Waals surface area contributed by atoms with E-state index in [2.05, 4.69) is 23.5 Å². The maximum absolute atomic E-state index is 11.0. The Morgan fingerprint density at radius 1 is 1.52 bits per heavy atom. The highest BCUT2D eigenvalue weighted by molar-refractivity contribution is 5.73. The lowest BCUT2D eigenvalue weighted by Crippen LogP contribution is -2.51. The van der Waals surface area contributed by atoms with Gasteiger partial charge in [0, 0.05) is 12.5 Å². The topological polar surface area (TPSA) is 64.3 Å². The Hall–Kier alpha value is -1.55. The van der Waals surface area contributed by atoms with Crippen LogP contribution in [0.15, 0.2) is 18.2 Å². The first-order valence-corrected chi connectivity index (χ1v) is 7.82. The van der Waals surface area contributed by atoms with E-state index in [9.17, 15) is 4.79 Å². The first kappa shape index (κ1) is 14.4. The largest absolute Gasteiger partial charge is 0.497 e. The maximum atomic E-state index is 11.0. The molecule has 0 aromatic heterocycles. The fourth-order valence-corrected chi connectivity index (χ4v) is 4.13. The molecule has 4 heteroatoms. The molecule has 0 spiro atoms. The Balaban J connectivity index is 1.91. The van der Waals surface area contributed by atoms with Gasteiger partial charge in [-0.1, -0.05) is 6.07 Å². The van der Waals surface area contributed by atoms with Crippen LogP contribution in [0.4, 0.5) is 0 Å². The highest BCUT2D eigenvalue weighted by Gasteiger charge is 2.42. The maximum Gasteiger partial charge on any atom is 0.217 e. The van der Waals surface area contributed by atoms with E-state index in [1.165, 1.54) is 11.1 Å². The van der Waals surface area contributed by atoms with Crippen LogP contribution in [-0.2, 0) is 16.6 Å². The van der Waals surface area contributed by atoms with Gasteiger partial charge in [0.2, 0.25) is 5.91 Å². The van der Waals surface area contributed by atoms with E-state index in [0.717, 1.165) is 44.4 Å². The molecule has 1 aliphatic carbocycles. The molecule has 2 aliphatic rings. The van der Waals surface area contributed by atoms with E-state index in [4.69, 9.17) is 10.5 Å². The van der Waals surface area contributed by atoms with Crippen molar-refractivity contribution in [3.63, 3.8) is 0 Å². The van der Waals surface area contributed by atoms with Gasteiger partial charge in [-0.3, -0.25) is 4.79 Å². The third kappa shape index (κ3) is 2.77. The molecule has 1 unspecified atom stereocenters. The van der Waals surface area contributed by atoms with E-state index in [0.29, 0.717) is 12.5 Å². The second-order valence-electron chi connectivity index (χ2n) is 6.43. The van der Waals surface area contributed by atoms with Gasteiger partial charge in [0.1, 0.15) is 5.75 Å². The van der Waals surface area contributed by atoms with E-state index >= 15 is 0 Å². The lowest BCUT2D eigenvalue weighted by molar-refractivity contribution is -0.118. The molecule has 4 nitrogen and oxygen atoms in total. The summed E-state index contributed by atoms with van der Waals surface area (Å²) in [5, 5.41) is 3.62. The van der Waals surface area contributed by atoms with Crippen molar-refractivity contribution in [1.82, 2.24) is 5.32 Å². The zero-order valence-corrected chi connectivity index (χ0v) is 12.7. The Morgan fingerprint density at radius 2 is 2.38 bits per heavy atom. The fourth-order valence-electron chi connectivity index (χ4n) is 4.13. The summed E-state index contributed by atoms with van der Waals surface area (Å²) in [7, 11) is 1.72.